The standard InChI is InChI=1S/C16H31N3/c1-13(12-19-8-4-3-5-9-19)17-14-10-15-6-7-16(11-14)18(15)2/h13-17H,3-12H2,1-2H3. The van der Waals surface area contributed by atoms with Gasteiger partial charge in [0.05, 0.1) is 0 Å². The number of fused-ring (bicyclic) bond motifs is 2. The molecular weight excluding hydrogens is 234 g/mol. The van der Waals surface area contributed by atoms with E-state index in [2.05, 4.69) is 29.1 Å². The van der Waals surface area contributed by atoms with Crippen LogP contribution >= 0.6 is 0 Å². The highest BCUT2D eigenvalue weighted by molar-refractivity contribution is 4.96. The number of hydrogen-bond donors (Lipinski definition) is 1. The first-order chi connectivity index (χ1) is 9.22. The highest BCUT2D eigenvalue weighted by Crippen LogP contribution is 2.34. The van der Waals surface area contributed by atoms with E-state index in [0.29, 0.717) is 6.04 Å². The lowest BCUT2D eigenvalue weighted by Crippen LogP contribution is -2.51. The van der Waals surface area contributed by atoms with Crippen molar-refractivity contribution in [2.75, 3.05) is 26.7 Å². The molecule has 0 amide bonds. The maximum absolute atomic E-state index is 3.92. The minimum atomic E-state index is 0.658. The van der Waals surface area contributed by atoms with Crippen molar-refractivity contribution in [2.45, 2.75) is 76.0 Å². The van der Waals surface area contributed by atoms with Crippen molar-refractivity contribution in [2.24, 2.45) is 0 Å². The van der Waals surface area contributed by atoms with Gasteiger partial charge in [-0.3, -0.25) is 0 Å². The Labute approximate surface area is 118 Å². The maximum Gasteiger partial charge on any atom is 0.0169 e. The van der Waals surface area contributed by atoms with Gasteiger partial charge in [0.25, 0.3) is 0 Å². The molecule has 0 aromatic heterocycles. The van der Waals surface area contributed by atoms with Crippen LogP contribution in [0.1, 0.15) is 51.9 Å². The SMILES string of the molecule is CC(CN1CCCCC1)NC1CC2CCC(C1)N2C. The van der Waals surface area contributed by atoms with Crippen LogP contribution in [-0.4, -0.2) is 60.6 Å². The molecule has 3 aliphatic rings. The first-order valence-electron chi connectivity index (χ1n) is 8.42. The Morgan fingerprint density at radius 3 is 2.32 bits per heavy atom. The number of likely N-dealkylation sites (tertiary alicyclic amines) is 1. The van der Waals surface area contributed by atoms with E-state index in [0.717, 1.165) is 18.1 Å². The van der Waals surface area contributed by atoms with Crippen LogP contribution in [0.4, 0.5) is 0 Å². The van der Waals surface area contributed by atoms with E-state index < -0.39 is 0 Å². The normalized spacial score (nSPS) is 38.5. The molecule has 3 fully saturated rings. The van der Waals surface area contributed by atoms with Crippen molar-refractivity contribution in [3.63, 3.8) is 0 Å². The van der Waals surface area contributed by atoms with E-state index in [-0.39, 0.29) is 0 Å². The molecule has 3 nitrogen and oxygen atoms in total. The second-order valence-electron chi connectivity index (χ2n) is 7.15. The molecule has 2 bridgehead atoms. The molecule has 1 N–H and O–H groups in total. The molecule has 19 heavy (non-hydrogen) atoms. The Morgan fingerprint density at radius 1 is 1.05 bits per heavy atom. The molecule has 0 aromatic carbocycles. The largest absolute Gasteiger partial charge is 0.310 e. The first kappa shape index (κ1) is 13.8. The fourth-order valence-corrected chi connectivity index (χ4v) is 4.53. The van der Waals surface area contributed by atoms with Gasteiger partial charge in [0, 0.05) is 30.7 Å². The van der Waals surface area contributed by atoms with Crippen molar-refractivity contribution in [3.8, 4) is 0 Å². The van der Waals surface area contributed by atoms with Crippen LogP contribution in [0.3, 0.4) is 0 Å². The third-order valence-corrected chi connectivity index (χ3v) is 5.60. The molecule has 0 saturated carbocycles. The molecule has 0 aliphatic carbocycles. The molecule has 3 unspecified atom stereocenters. The summed E-state index contributed by atoms with van der Waals surface area (Å²) in [6.07, 6.45) is 9.86. The quantitative estimate of drug-likeness (QED) is 0.839. The van der Waals surface area contributed by atoms with Gasteiger partial charge in [-0.15, -0.1) is 0 Å². The summed E-state index contributed by atoms with van der Waals surface area (Å²) in [4.78, 5) is 5.29. The fraction of sp³-hybridized carbons (Fsp3) is 1.00. The summed E-state index contributed by atoms with van der Waals surface area (Å²) < 4.78 is 0. The van der Waals surface area contributed by atoms with Crippen molar-refractivity contribution in [1.29, 1.82) is 0 Å². The van der Waals surface area contributed by atoms with Crippen LogP contribution in [0.25, 0.3) is 0 Å². The molecule has 0 radical (unpaired) electrons. The van der Waals surface area contributed by atoms with Crippen LogP contribution in [0.5, 0.6) is 0 Å². The van der Waals surface area contributed by atoms with Gasteiger partial charge in [-0.05, 0) is 65.6 Å². The predicted octanol–water partition coefficient (Wildman–Crippen LogP) is 2.08. The zero-order chi connectivity index (χ0) is 13.2. The minimum absolute atomic E-state index is 0.658. The second kappa shape index (κ2) is 6.11. The molecule has 3 saturated heterocycles. The maximum atomic E-state index is 3.92. The first-order valence-corrected chi connectivity index (χ1v) is 8.42. The molecule has 110 valence electrons. The number of hydrogen-bond acceptors (Lipinski definition) is 3. The lowest BCUT2D eigenvalue weighted by atomic mass is 9.97. The monoisotopic (exact) mass is 265 g/mol. The molecular formula is C16H31N3. The molecule has 0 spiro atoms. The van der Waals surface area contributed by atoms with E-state index in [9.17, 15) is 0 Å². The van der Waals surface area contributed by atoms with Gasteiger partial charge in [0.15, 0.2) is 0 Å². The van der Waals surface area contributed by atoms with Crippen molar-refractivity contribution in [3.05, 3.63) is 0 Å². The summed E-state index contributed by atoms with van der Waals surface area (Å²) in [6, 6.07) is 3.15. The van der Waals surface area contributed by atoms with E-state index in [4.69, 9.17) is 0 Å². The van der Waals surface area contributed by atoms with Crippen LogP contribution < -0.4 is 5.32 Å². The van der Waals surface area contributed by atoms with Gasteiger partial charge in [0.1, 0.15) is 0 Å². The molecule has 3 heteroatoms. The Balaban J connectivity index is 1.43. The summed E-state index contributed by atoms with van der Waals surface area (Å²) in [5, 5.41) is 3.92. The highest BCUT2D eigenvalue weighted by atomic mass is 15.2. The third kappa shape index (κ3) is 3.32. The van der Waals surface area contributed by atoms with Gasteiger partial charge >= 0.3 is 0 Å². The average molecular weight is 265 g/mol. The van der Waals surface area contributed by atoms with Gasteiger partial charge in [0.2, 0.25) is 0 Å². The van der Waals surface area contributed by atoms with Crippen LogP contribution in [0.15, 0.2) is 0 Å². The number of nitrogens with zero attached hydrogens (tertiary/aromatic N) is 2. The topological polar surface area (TPSA) is 18.5 Å². The number of rotatable bonds is 4. The molecule has 0 aromatic rings. The zero-order valence-electron chi connectivity index (χ0n) is 12.8. The molecule has 3 rings (SSSR count). The summed E-state index contributed by atoms with van der Waals surface area (Å²) >= 11 is 0. The molecule has 3 heterocycles. The minimum Gasteiger partial charge on any atom is -0.310 e. The summed E-state index contributed by atoms with van der Waals surface area (Å²) in [5.41, 5.74) is 0. The predicted molar refractivity (Wildman–Crippen MR) is 80.5 cm³/mol. The zero-order valence-corrected chi connectivity index (χ0v) is 12.8. The summed E-state index contributed by atoms with van der Waals surface area (Å²) in [5.74, 6) is 0. The van der Waals surface area contributed by atoms with Crippen LogP contribution in [0.2, 0.25) is 0 Å². The van der Waals surface area contributed by atoms with Crippen LogP contribution in [0, 0.1) is 0 Å². The highest BCUT2D eigenvalue weighted by Gasteiger charge is 2.38. The lowest BCUT2D eigenvalue weighted by Gasteiger charge is -2.39. The van der Waals surface area contributed by atoms with Gasteiger partial charge in [-0.2, -0.15) is 0 Å². The Kier molecular flexibility index (Phi) is 4.45. The fourth-order valence-electron chi connectivity index (χ4n) is 4.53. The van der Waals surface area contributed by atoms with E-state index in [1.807, 2.05) is 0 Å². The van der Waals surface area contributed by atoms with Crippen molar-refractivity contribution in [1.82, 2.24) is 15.1 Å². The van der Waals surface area contributed by atoms with Crippen molar-refractivity contribution >= 4 is 0 Å². The van der Waals surface area contributed by atoms with E-state index >= 15 is 0 Å². The average Bonchev–Trinajstić information content (AvgIpc) is 2.63. The Bertz CT molecular complexity index is 274. The lowest BCUT2D eigenvalue weighted by molar-refractivity contribution is 0.135. The molecule has 3 atom stereocenters. The third-order valence-electron chi connectivity index (χ3n) is 5.60. The Hall–Kier alpha value is -0.120. The van der Waals surface area contributed by atoms with E-state index in [1.54, 1.807) is 0 Å². The van der Waals surface area contributed by atoms with Crippen molar-refractivity contribution < 1.29 is 0 Å². The van der Waals surface area contributed by atoms with Gasteiger partial charge in [-0.25, -0.2) is 0 Å². The molecule has 3 aliphatic heterocycles. The second-order valence-corrected chi connectivity index (χ2v) is 7.15. The van der Waals surface area contributed by atoms with Gasteiger partial charge < -0.3 is 15.1 Å². The summed E-state index contributed by atoms with van der Waals surface area (Å²) in [6.45, 7) is 6.28. The Morgan fingerprint density at radius 2 is 1.68 bits per heavy atom. The smallest absolute Gasteiger partial charge is 0.0169 e. The number of nitrogens with one attached hydrogen (secondary N) is 1. The van der Waals surface area contributed by atoms with E-state index in [1.165, 1.54) is 64.6 Å². The number of piperidine rings is 2. The summed E-state index contributed by atoms with van der Waals surface area (Å²) in [7, 11) is 2.33. The van der Waals surface area contributed by atoms with Gasteiger partial charge in [-0.1, -0.05) is 6.42 Å². The van der Waals surface area contributed by atoms with Crippen LogP contribution in [-0.2, 0) is 0 Å².